The molecule has 1 unspecified atom stereocenters. The number of halogens is 1. The number of aryl methyl sites for hydroxylation is 1. The molecule has 100 valence electrons. The average molecular weight is 280 g/mol. The largest absolute Gasteiger partial charge is 0.478 e. The number of esters is 1. The number of methoxy groups -OCH3 is 1. The van der Waals surface area contributed by atoms with Crippen LogP contribution >= 0.6 is 11.6 Å². The van der Waals surface area contributed by atoms with Gasteiger partial charge in [-0.15, -0.1) is 0 Å². The van der Waals surface area contributed by atoms with E-state index >= 15 is 0 Å². The fourth-order valence-corrected chi connectivity index (χ4v) is 1.97. The smallest absolute Gasteiger partial charge is 0.346 e. The lowest BCUT2D eigenvalue weighted by molar-refractivity contribution is -0.147. The molecule has 1 aromatic carbocycles. The molecule has 2 aromatic rings. The summed E-state index contributed by atoms with van der Waals surface area (Å²) in [6.45, 7) is 3.53. The van der Waals surface area contributed by atoms with Gasteiger partial charge in [-0.1, -0.05) is 11.6 Å². The molecule has 2 rings (SSSR count). The second-order valence-corrected chi connectivity index (χ2v) is 4.57. The lowest BCUT2D eigenvalue weighted by atomic mass is 10.1. The Morgan fingerprint density at radius 1 is 1.37 bits per heavy atom. The second-order valence-electron chi connectivity index (χ2n) is 4.16. The van der Waals surface area contributed by atoms with Crippen LogP contribution in [0.15, 0.2) is 24.4 Å². The maximum absolute atomic E-state index is 11.4. The Morgan fingerprint density at radius 2 is 2.11 bits per heavy atom. The normalized spacial score (nSPS) is 12.2. The van der Waals surface area contributed by atoms with E-state index in [1.54, 1.807) is 25.3 Å². The molecule has 0 radical (unpaired) electrons. The van der Waals surface area contributed by atoms with E-state index in [4.69, 9.17) is 16.3 Å². The lowest BCUT2D eigenvalue weighted by Gasteiger charge is -2.14. The molecule has 5 heteroatoms. The van der Waals surface area contributed by atoms with Crippen molar-refractivity contribution in [2.24, 2.45) is 0 Å². The van der Waals surface area contributed by atoms with E-state index in [0.717, 1.165) is 16.5 Å². The van der Waals surface area contributed by atoms with E-state index < -0.39 is 12.1 Å². The van der Waals surface area contributed by atoms with Gasteiger partial charge in [0, 0.05) is 16.6 Å². The molecule has 19 heavy (non-hydrogen) atoms. The Labute approximate surface area is 116 Å². The summed E-state index contributed by atoms with van der Waals surface area (Å²) in [6.07, 6.45) is 0.955. The van der Waals surface area contributed by atoms with Crippen LogP contribution in [0.2, 0.25) is 5.02 Å². The molecule has 0 amide bonds. The van der Waals surface area contributed by atoms with Crippen LogP contribution in [-0.2, 0) is 9.53 Å². The van der Waals surface area contributed by atoms with Gasteiger partial charge in [-0.2, -0.15) is 0 Å². The second kappa shape index (κ2) is 5.45. The number of aromatic nitrogens is 1. The topological polar surface area (TPSA) is 48.4 Å². The van der Waals surface area contributed by atoms with Crippen molar-refractivity contribution in [2.75, 3.05) is 7.11 Å². The highest BCUT2D eigenvalue weighted by atomic mass is 35.5. The highest BCUT2D eigenvalue weighted by Gasteiger charge is 2.17. The first kappa shape index (κ1) is 13.6. The van der Waals surface area contributed by atoms with Gasteiger partial charge >= 0.3 is 5.97 Å². The molecule has 0 N–H and O–H groups in total. The number of hydrogen-bond acceptors (Lipinski definition) is 4. The first-order valence-corrected chi connectivity index (χ1v) is 6.20. The maximum Gasteiger partial charge on any atom is 0.346 e. The molecule has 1 atom stereocenters. The number of rotatable bonds is 3. The molecule has 0 bridgehead atoms. The van der Waals surface area contributed by atoms with Crippen molar-refractivity contribution in [3.63, 3.8) is 0 Å². The van der Waals surface area contributed by atoms with E-state index in [1.807, 2.05) is 13.0 Å². The monoisotopic (exact) mass is 279 g/mol. The Kier molecular flexibility index (Phi) is 3.90. The standard InChI is InChI=1S/C14H14ClNO3/c1-8-11(15)5-4-10-12(6-7-16-13(8)10)19-9(2)14(17)18-3/h4-7,9H,1-3H3. The van der Waals surface area contributed by atoms with Crippen LogP contribution in [0, 0.1) is 6.92 Å². The fourth-order valence-electron chi connectivity index (χ4n) is 1.82. The molecule has 0 saturated heterocycles. The van der Waals surface area contributed by atoms with Crippen LogP contribution in [0.4, 0.5) is 0 Å². The number of carbonyl (C=O) groups excluding carboxylic acids is 1. The first-order chi connectivity index (χ1) is 9.04. The van der Waals surface area contributed by atoms with Crippen molar-refractivity contribution in [3.05, 3.63) is 35.0 Å². The lowest BCUT2D eigenvalue weighted by Crippen LogP contribution is -2.25. The molecule has 0 aliphatic carbocycles. The number of ether oxygens (including phenoxy) is 2. The van der Waals surface area contributed by atoms with Crippen molar-refractivity contribution in [1.82, 2.24) is 4.98 Å². The third-order valence-corrected chi connectivity index (χ3v) is 3.31. The van der Waals surface area contributed by atoms with Gasteiger partial charge in [-0.05, 0) is 37.6 Å². The molecule has 0 spiro atoms. The van der Waals surface area contributed by atoms with E-state index in [2.05, 4.69) is 9.72 Å². The van der Waals surface area contributed by atoms with Gasteiger partial charge < -0.3 is 9.47 Å². The average Bonchev–Trinajstić information content (AvgIpc) is 2.42. The Bertz CT molecular complexity index is 627. The van der Waals surface area contributed by atoms with Crippen LogP contribution in [0.5, 0.6) is 5.75 Å². The van der Waals surface area contributed by atoms with E-state index in [9.17, 15) is 4.79 Å². The number of hydrogen-bond donors (Lipinski definition) is 0. The Morgan fingerprint density at radius 3 is 2.79 bits per heavy atom. The van der Waals surface area contributed by atoms with Gasteiger partial charge in [0.25, 0.3) is 0 Å². The van der Waals surface area contributed by atoms with Crippen LogP contribution < -0.4 is 4.74 Å². The molecule has 0 aliphatic heterocycles. The summed E-state index contributed by atoms with van der Waals surface area (Å²) in [5.41, 5.74) is 1.65. The molecular formula is C14H14ClNO3. The summed E-state index contributed by atoms with van der Waals surface area (Å²) < 4.78 is 10.3. The minimum Gasteiger partial charge on any atom is -0.478 e. The molecule has 1 aromatic heterocycles. The van der Waals surface area contributed by atoms with Gasteiger partial charge in [0.15, 0.2) is 6.10 Å². The zero-order valence-corrected chi connectivity index (χ0v) is 11.7. The van der Waals surface area contributed by atoms with Crippen molar-refractivity contribution in [3.8, 4) is 5.75 Å². The van der Waals surface area contributed by atoms with Gasteiger partial charge in [-0.25, -0.2) is 4.79 Å². The quantitative estimate of drug-likeness (QED) is 0.810. The molecule has 4 nitrogen and oxygen atoms in total. The number of pyridine rings is 1. The van der Waals surface area contributed by atoms with Crippen LogP contribution in [0.3, 0.4) is 0 Å². The van der Waals surface area contributed by atoms with Crippen LogP contribution in [0.25, 0.3) is 10.9 Å². The van der Waals surface area contributed by atoms with E-state index in [1.165, 1.54) is 7.11 Å². The molecular weight excluding hydrogens is 266 g/mol. The van der Waals surface area contributed by atoms with Crippen molar-refractivity contribution in [1.29, 1.82) is 0 Å². The molecule has 0 aliphatic rings. The van der Waals surface area contributed by atoms with Gasteiger partial charge in [0.2, 0.25) is 0 Å². The predicted octanol–water partition coefficient (Wildman–Crippen LogP) is 3.14. The Hall–Kier alpha value is -1.81. The number of benzene rings is 1. The summed E-state index contributed by atoms with van der Waals surface area (Å²) in [5, 5.41) is 1.47. The highest BCUT2D eigenvalue weighted by Crippen LogP contribution is 2.30. The molecule has 0 saturated carbocycles. The zero-order chi connectivity index (χ0) is 14.0. The van der Waals surface area contributed by atoms with Crippen LogP contribution in [0.1, 0.15) is 12.5 Å². The van der Waals surface area contributed by atoms with Gasteiger partial charge in [-0.3, -0.25) is 4.98 Å². The summed E-state index contributed by atoms with van der Waals surface area (Å²) >= 11 is 6.06. The third kappa shape index (κ3) is 2.63. The van der Waals surface area contributed by atoms with Gasteiger partial charge in [0.05, 0.1) is 12.6 Å². The van der Waals surface area contributed by atoms with Crippen LogP contribution in [-0.4, -0.2) is 24.2 Å². The fraction of sp³-hybridized carbons (Fsp3) is 0.286. The van der Waals surface area contributed by atoms with Gasteiger partial charge in [0.1, 0.15) is 5.75 Å². The summed E-state index contributed by atoms with van der Waals surface area (Å²) in [4.78, 5) is 15.7. The minimum atomic E-state index is -0.674. The number of fused-ring (bicyclic) bond motifs is 1. The maximum atomic E-state index is 11.4. The number of carbonyl (C=O) groups is 1. The van der Waals surface area contributed by atoms with Crippen molar-refractivity contribution >= 4 is 28.5 Å². The SMILES string of the molecule is COC(=O)C(C)Oc1ccnc2c(C)c(Cl)ccc12. The van der Waals surface area contributed by atoms with Crippen molar-refractivity contribution < 1.29 is 14.3 Å². The molecule has 1 heterocycles. The summed E-state index contributed by atoms with van der Waals surface area (Å²) in [7, 11) is 1.33. The molecule has 0 fully saturated rings. The summed E-state index contributed by atoms with van der Waals surface area (Å²) in [6, 6.07) is 5.34. The first-order valence-electron chi connectivity index (χ1n) is 5.83. The van der Waals surface area contributed by atoms with E-state index in [-0.39, 0.29) is 0 Å². The minimum absolute atomic E-state index is 0.421. The third-order valence-electron chi connectivity index (χ3n) is 2.90. The van der Waals surface area contributed by atoms with E-state index in [0.29, 0.717) is 10.8 Å². The Balaban J connectivity index is 2.45. The van der Waals surface area contributed by atoms with Crippen molar-refractivity contribution in [2.45, 2.75) is 20.0 Å². The number of nitrogens with zero attached hydrogens (tertiary/aromatic N) is 1. The predicted molar refractivity (Wildman–Crippen MR) is 73.6 cm³/mol. The highest BCUT2D eigenvalue weighted by molar-refractivity contribution is 6.32. The summed E-state index contributed by atoms with van der Waals surface area (Å²) in [5.74, 6) is 0.165. The zero-order valence-electron chi connectivity index (χ0n) is 10.9.